The average Bonchev–Trinajstić information content (AvgIpc) is 2.31. The van der Waals surface area contributed by atoms with Crippen LogP contribution in [0.3, 0.4) is 0 Å². The van der Waals surface area contributed by atoms with Gasteiger partial charge in [0.1, 0.15) is 6.04 Å². The predicted octanol–water partition coefficient (Wildman–Crippen LogP) is -0.203. The van der Waals surface area contributed by atoms with E-state index in [4.69, 9.17) is 4.84 Å². The Labute approximate surface area is 107 Å². The van der Waals surface area contributed by atoms with E-state index in [-0.39, 0.29) is 17.9 Å². The van der Waals surface area contributed by atoms with Crippen LogP contribution in [0.25, 0.3) is 0 Å². The molecule has 0 saturated carbocycles. The van der Waals surface area contributed by atoms with Crippen molar-refractivity contribution in [3.05, 3.63) is 0 Å². The summed E-state index contributed by atoms with van der Waals surface area (Å²) in [5.41, 5.74) is 2.46. The van der Waals surface area contributed by atoms with Crippen LogP contribution in [-0.4, -0.2) is 48.5 Å². The van der Waals surface area contributed by atoms with E-state index in [0.29, 0.717) is 25.6 Å². The Bertz CT molecular complexity index is 318. The van der Waals surface area contributed by atoms with Crippen molar-refractivity contribution in [3.8, 4) is 0 Å². The van der Waals surface area contributed by atoms with Crippen LogP contribution < -0.4 is 10.8 Å². The number of carbonyl (C=O) groups is 2. The molecule has 102 valence electrons. The first-order valence-corrected chi connectivity index (χ1v) is 6.67. The van der Waals surface area contributed by atoms with Crippen molar-refractivity contribution in [3.63, 3.8) is 0 Å². The Morgan fingerprint density at radius 3 is 2.94 bits per heavy atom. The molecule has 2 aliphatic rings. The Kier molecular flexibility index (Phi) is 4.54. The third-order valence-corrected chi connectivity index (χ3v) is 3.59. The number of likely N-dealkylation sites (tertiary alicyclic amines) is 1. The number of nitrogens with zero attached hydrogens (tertiary/aromatic N) is 1. The van der Waals surface area contributed by atoms with E-state index < -0.39 is 0 Å². The largest absolute Gasteiger partial charge is 0.331 e. The van der Waals surface area contributed by atoms with Gasteiger partial charge >= 0.3 is 0 Å². The third kappa shape index (κ3) is 3.00. The van der Waals surface area contributed by atoms with E-state index in [2.05, 4.69) is 10.8 Å². The lowest BCUT2D eigenvalue weighted by Gasteiger charge is -2.34. The normalized spacial score (nSPS) is 27.8. The molecule has 2 rings (SSSR count). The molecule has 2 heterocycles. The van der Waals surface area contributed by atoms with Crippen molar-refractivity contribution in [2.45, 2.75) is 44.7 Å². The SMILES string of the molecule is CCN1C(=O)CCC[C@H]1C(=O)NOC[C@@H]1CCN1. The minimum Gasteiger partial charge on any atom is -0.331 e. The van der Waals surface area contributed by atoms with Gasteiger partial charge in [0.05, 0.1) is 6.61 Å². The number of carbonyl (C=O) groups excluding carboxylic acids is 2. The molecule has 18 heavy (non-hydrogen) atoms. The maximum atomic E-state index is 12.0. The maximum absolute atomic E-state index is 12.0. The summed E-state index contributed by atoms with van der Waals surface area (Å²) in [5, 5.41) is 3.18. The molecule has 0 aromatic rings. The summed E-state index contributed by atoms with van der Waals surface area (Å²) in [5.74, 6) is -0.145. The fourth-order valence-corrected chi connectivity index (χ4v) is 2.36. The molecule has 0 radical (unpaired) electrons. The second-order valence-corrected chi connectivity index (χ2v) is 4.80. The van der Waals surface area contributed by atoms with Crippen LogP contribution in [-0.2, 0) is 14.4 Å². The Morgan fingerprint density at radius 2 is 2.33 bits per heavy atom. The monoisotopic (exact) mass is 255 g/mol. The van der Waals surface area contributed by atoms with E-state index in [9.17, 15) is 9.59 Å². The molecule has 2 N–H and O–H groups in total. The summed E-state index contributed by atoms with van der Waals surface area (Å²) >= 11 is 0. The van der Waals surface area contributed by atoms with Crippen molar-refractivity contribution in [1.82, 2.24) is 15.7 Å². The molecule has 0 aliphatic carbocycles. The van der Waals surface area contributed by atoms with E-state index in [1.165, 1.54) is 0 Å². The number of hydrogen-bond donors (Lipinski definition) is 2. The minimum atomic E-state index is -0.370. The molecule has 2 atom stereocenters. The topological polar surface area (TPSA) is 70.7 Å². The standard InChI is InChI=1S/C12H21N3O3/c1-2-15-10(4-3-5-11(15)16)12(17)14-18-8-9-6-7-13-9/h9-10,13H,2-8H2,1H3,(H,14,17)/t9-,10-/m0/s1. The van der Waals surface area contributed by atoms with Crippen molar-refractivity contribution in [1.29, 1.82) is 0 Å². The molecule has 2 aliphatic heterocycles. The van der Waals surface area contributed by atoms with Gasteiger partial charge in [-0.15, -0.1) is 0 Å². The summed E-state index contributed by atoms with van der Waals surface area (Å²) in [4.78, 5) is 30.4. The van der Waals surface area contributed by atoms with Gasteiger partial charge in [-0.2, -0.15) is 0 Å². The lowest BCUT2D eigenvalue weighted by molar-refractivity contribution is -0.150. The Morgan fingerprint density at radius 1 is 1.56 bits per heavy atom. The summed E-state index contributed by atoms with van der Waals surface area (Å²) in [6.45, 7) is 3.96. The van der Waals surface area contributed by atoms with Crippen LogP contribution in [0.5, 0.6) is 0 Å². The first-order valence-electron chi connectivity index (χ1n) is 6.67. The molecule has 2 amide bonds. The first kappa shape index (κ1) is 13.3. The highest BCUT2D eigenvalue weighted by molar-refractivity contribution is 5.88. The second-order valence-electron chi connectivity index (χ2n) is 4.80. The quantitative estimate of drug-likeness (QED) is 0.667. The van der Waals surface area contributed by atoms with Gasteiger partial charge in [-0.1, -0.05) is 0 Å². The van der Waals surface area contributed by atoms with E-state index in [1.54, 1.807) is 4.90 Å². The molecule has 0 aromatic heterocycles. The lowest BCUT2D eigenvalue weighted by Crippen LogP contribution is -2.53. The van der Waals surface area contributed by atoms with Crippen molar-refractivity contribution < 1.29 is 14.4 Å². The summed E-state index contributed by atoms with van der Waals surface area (Å²) in [6, 6.07) is -0.0221. The smallest absolute Gasteiger partial charge is 0.266 e. The number of hydrogen-bond acceptors (Lipinski definition) is 4. The van der Waals surface area contributed by atoms with E-state index in [1.807, 2.05) is 6.92 Å². The zero-order valence-corrected chi connectivity index (χ0v) is 10.8. The Balaban J connectivity index is 1.76. The van der Waals surface area contributed by atoms with Gasteiger partial charge < -0.3 is 10.2 Å². The first-order chi connectivity index (χ1) is 8.72. The molecule has 2 saturated heterocycles. The number of likely N-dealkylation sites (N-methyl/N-ethyl adjacent to an activating group) is 1. The van der Waals surface area contributed by atoms with Gasteiger partial charge in [0.15, 0.2) is 0 Å². The molecule has 0 unspecified atom stereocenters. The van der Waals surface area contributed by atoms with Crippen molar-refractivity contribution in [2.24, 2.45) is 0 Å². The highest BCUT2D eigenvalue weighted by Crippen LogP contribution is 2.18. The second kappa shape index (κ2) is 6.15. The van der Waals surface area contributed by atoms with E-state index in [0.717, 1.165) is 25.8 Å². The van der Waals surface area contributed by atoms with Gasteiger partial charge in [-0.3, -0.25) is 14.4 Å². The number of nitrogens with one attached hydrogen (secondary N) is 2. The molecular formula is C12H21N3O3. The fraction of sp³-hybridized carbons (Fsp3) is 0.833. The highest BCUT2D eigenvalue weighted by atomic mass is 16.7. The summed E-state index contributed by atoms with van der Waals surface area (Å²) < 4.78 is 0. The van der Waals surface area contributed by atoms with Crippen LogP contribution in [0, 0.1) is 0 Å². The molecule has 2 fully saturated rings. The van der Waals surface area contributed by atoms with Gasteiger partial charge in [-0.05, 0) is 32.7 Å². The predicted molar refractivity (Wildman–Crippen MR) is 65.5 cm³/mol. The summed E-state index contributed by atoms with van der Waals surface area (Å²) in [6.07, 6.45) is 3.12. The number of hydroxylamine groups is 1. The van der Waals surface area contributed by atoms with Gasteiger partial charge in [0.25, 0.3) is 5.91 Å². The zero-order valence-electron chi connectivity index (χ0n) is 10.8. The van der Waals surface area contributed by atoms with Crippen LogP contribution in [0.15, 0.2) is 0 Å². The van der Waals surface area contributed by atoms with Crippen LogP contribution >= 0.6 is 0 Å². The molecular weight excluding hydrogens is 234 g/mol. The number of amides is 2. The highest BCUT2D eigenvalue weighted by Gasteiger charge is 2.32. The average molecular weight is 255 g/mol. The van der Waals surface area contributed by atoms with Gasteiger partial charge in [-0.25, -0.2) is 5.48 Å². The van der Waals surface area contributed by atoms with E-state index >= 15 is 0 Å². The zero-order chi connectivity index (χ0) is 13.0. The van der Waals surface area contributed by atoms with Crippen molar-refractivity contribution in [2.75, 3.05) is 19.7 Å². The van der Waals surface area contributed by atoms with Gasteiger partial charge in [0.2, 0.25) is 5.91 Å². The van der Waals surface area contributed by atoms with Gasteiger partial charge in [0, 0.05) is 19.0 Å². The van der Waals surface area contributed by atoms with Crippen LogP contribution in [0.2, 0.25) is 0 Å². The third-order valence-electron chi connectivity index (χ3n) is 3.59. The molecule has 0 aromatic carbocycles. The summed E-state index contributed by atoms with van der Waals surface area (Å²) in [7, 11) is 0. The number of rotatable bonds is 5. The van der Waals surface area contributed by atoms with Crippen LogP contribution in [0.4, 0.5) is 0 Å². The molecule has 6 nitrogen and oxygen atoms in total. The number of piperidine rings is 1. The van der Waals surface area contributed by atoms with Crippen LogP contribution in [0.1, 0.15) is 32.6 Å². The maximum Gasteiger partial charge on any atom is 0.266 e. The Hall–Kier alpha value is -1.14. The molecule has 0 spiro atoms. The molecule has 6 heteroatoms. The fourth-order valence-electron chi connectivity index (χ4n) is 2.36. The minimum absolute atomic E-state index is 0.0598. The molecule has 0 bridgehead atoms. The lowest BCUT2D eigenvalue weighted by atomic mass is 10.0. The van der Waals surface area contributed by atoms with Crippen molar-refractivity contribution >= 4 is 11.8 Å².